The van der Waals surface area contributed by atoms with E-state index >= 15 is 0 Å². The van der Waals surface area contributed by atoms with Gasteiger partial charge < -0.3 is 10.6 Å². The van der Waals surface area contributed by atoms with Crippen LogP contribution < -0.4 is 10.6 Å². The molecule has 2 heterocycles. The Morgan fingerprint density at radius 2 is 2.24 bits per heavy atom. The number of rotatable bonds is 6. The van der Waals surface area contributed by atoms with Gasteiger partial charge >= 0.3 is 0 Å². The first-order valence-corrected chi connectivity index (χ1v) is 7.61. The standard InChI is InChI=1S/C14H18N4O2S/c1-9(2)10-8-12(18-17-10)16-13(19)5-6-15-14(20)11-4-3-7-21-11/h3-4,7-9H,5-6H2,1-2H3,(H,15,20)(H2,16,17,18,19). The number of aromatic nitrogens is 2. The van der Waals surface area contributed by atoms with Gasteiger partial charge in [-0.25, -0.2) is 0 Å². The molecule has 21 heavy (non-hydrogen) atoms. The predicted molar refractivity (Wildman–Crippen MR) is 82.6 cm³/mol. The molecule has 2 aromatic heterocycles. The molecule has 0 saturated heterocycles. The van der Waals surface area contributed by atoms with E-state index in [-0.39, 0.29) is 18.2 Å². The molecule has 0 saturated carbocycles. The Bertz CT molecular complexity index is 604. The summed E-state index contributed by atoms with van der Waals surface area (Å²) in [5, 5.41) is 14.1. The quantitative estimate of drug-likeness (QED) is 0.765. The number of anilines is 1. The van der Waals surface area contributed by atoms with Gasteiger partial charge in [-0.1, -0.05) is 19.9 Å². The Labute approximate surface area is 127 Å². The molecule has 2 rings (SSSR count). The van der Waals surface area contributed by atoms with Gasteiger partial charge in [-0.2, -0.15) is 5.10 Å². The van der Waals surface area contributed by atoms with E-state index in [1.54, 1.807) is 6.07 Å². The van der Waals surface area contributed by atoms with Crippen LogP contribution in [0.25, 0.3) is 0 Å². The van der Waals surface area contributed by atoms with Crippen LogP contribution in [0, 0.1) is 0 Å². The van der Waals surface area contributed by atoms with Gasteiger partial charge in [-0.05, 0) is 17.4 Å². The Morgan fingerprint density at radius 1 is 1.43 bits per heavy atom. The van der Waals surface area contributed by atoms with Crippen molar-refractivity contribution < 1.29 is 9.59 Å². The average Bonchev–Trinajstić information content (AvgIpc) is 3.09. The molecule has 0 aliphatic heterocycles. The molecule has 0 radical (unpaired) electrons. The van der Waals surface area contributed by atoms with Crippen LogP contribution in [-0.4, -0.2) is 28.6 Å². The van der Waals surface area contributed by atoms with E-state index in [9.17, 15) is 9.59 Å². The molecule has 2 aromatic rings. The van der Waals surface area contributed by atoms with Gasteiger partial charge in [-0.3, -0.25) is 14.7 Å². The Kier molecular flexibility index (Phi) is 5.10. The lowest BCUT2D eigenvalue weighted by Crippen LogP contribution is -2.27. The van der Waals surface area contributed by atoms with Gasteiger partial charge in [0, 0.05) is 24.7 Å². The highest BCUT2D eigenvalue weighted by atomic mass is 32.1. The van der Waals surface area contributed by atoms with Crippen molar-refractivity contribution in [1.29, 1.82) is 0 Å². The first kappa shape index (κ1) is 15.2. The van der Waals surface area contributed by atoms with Crippen molar-refractivity contribution in [2.75, 3.05) is 11.9 Å². The molecule has 0 fully saturated rings. The summed E-state index contributed by atoms with van der Waals surface area (Å²) in [6.07, 6.45) is 0.209. The largest absolute Gasteiger partial charge is 0.351 e. The first-order valence-electron chi connectivity index (χ1n) is 6.73. The summed E-state index contributed by atoms with van der Waals surface area (Å²) in [6.45, 7) is 4.38. The fourth-order valence-corrected chi connectivity index (χ4v) is 2.33. The molecule has 2 amide bonds. The van der Waals surface area contributed by atoms with Crippen LogP contribution in [0.15, 0.2) is 23.6 Å². The lowest BCUT2D eigenvalue weighted by atomic mass is 10.1. The maximum absolute atomic E-state index is 11.7. The summed E-state index contributed by atoms with van der Waals surface area (Å²) in [7, 11) is 0. The molecule has 0 bridgehead atoms. The van der Waals surface area contributed by atoms with E-state index in [0.717, 1.165) is 5.69 Å². The van der Waals surface area contributed by atoms with Crippen molar-refractivity contribution in [2.24, 2.45) is 0 Å². The van der Waals surface area contributed by atoms with Gasteiger partial charge in [0.2, 0.25) is 5.91 Å². The molecule has 0 aliphatic carbocycles. The Hall–Kier alpha value is -2.15. The predicted octanol–water partition coefficient (Wildman–Crippen LogP) is 2.35. The van der Waals surface area contributed by atoms with Crippen LogP contribution in [0.2, 0.25) is 0 Å². The second-order valence-electron chi connectivity index (χ2n) is 4.89. The number of hydrogen-bond acceptors (Lipinski definition) is 4. The zero-order chi connectivity index (χ0) is 15.2. The second kappa shape index (κ2) is 7.03. The third kappa shape index (κ3) is 4.42. The zero-order valence-corrected chi connectivity index (χ0v) is 12.8. The molecule has 0 atom stereocenters. The third-order valence-electron chi connectivity index (χ3n) is 2.87. The molecular formula is C14H18N4O2S. The number of thiophene rings is 1. The fourth-order valence-electron chi connectivity index (χ4n) is 1.69. The highest BCUT2D eigenvalue weighted by molar-refractivity contribution is 7.12. The van der Waals surface area contributed by atoms with Crippen molar-refractivity contribution in [3.63, 3.8) is 0 Å². The van der Waals surface area contributed by atoms with E-state index in [1.807, 2.05) is 31.4 Å². The van der Waals surface area contributed by atoms with Crippen molar-refractivity contribution in [3.8, 4) is 0 Å². The molecule has 112 valence electrons. The molecule has 0 unspecified atom stereocenters. The average molecular weight is 306 g/mol. The van der Waals surface area contributed by atoms with E-state index in [0.29, 0.717) is 23.2 Å². The second-order valence-corrected chi connectivity index (χ2v) is 5.84. The SMILES string of the molecule is CC(C)c1cc(NC(=O)CCNC(=O)c2cccs2)n[nH]1. The molecule has 3 N–H and O–H groups in total. The number of carbonyl (C=O) groups excluding carboxylic acids is 2. The molecule has 0 aliphatic rings. The first-order chi connectivity index (χ1) is 10.1. The minimum absolute atomic E-state index is 0.153. The maximum atomic E-state index is 11.7. The highest BCUT2D eigenvalue weighted by Crippen LogP contribution is 2.14. The number of amides is 2. The van der Waals surface area contributed by atoms with Crippen LogP contribution in [-0.2, 0) is 4.79 Å². The lowest BCUT2D eigenvalue weighted by molar-refractivity contribution is -0.116. The number of carbonyl (C=O) groups is 2. The number of H-pyrrole nitrogens is 1. The van der Waals surface area contributed by atoms with Crippen LogP contribution in [0.1, 0.15) is 41.6 Å². The number of nitrogens with zero attached hydrogens (tertiary/aromatic N) is 1. The summed E-state index contributed by atoms with van der Waals surface area (Å²) < 4.78 is 0. The normalized spacial score (nSPS) is 10.6. The molecule has 6 nitrogen and oxygen atoms in total. The van der Waals surface area contributed by atoms with E-state index in [2.05, 4.69) is 20.8 Å². The maximum Gasteiger partial charge on any atom is 0.261 e. The molecule has 0 aromatic carbocycles. The third-order valence-corrected chi connectivity index (χ3v) is 3.74. The topological polar surface area (TPSA) is 86.9 Å². The van der Waals surface area contributed by atoms with E-state index in [1.165, 1.54) is 11.3 Å². The molecule has 7 heteroatoms. The van der Waals surface area contributed by atoms with Gasteiger partial charge in [0.15, 0.2) is 5.82 Å². The van der Waals surface area contributed by atoms with Gasteiger partial charge in [0.25, 0.3) is 5.91 Å². The van der Waals surface area contributed by atoms with Gasteiger partial charge in [-0.15, -0.1) is 11.3 Å². The highest BCUT2D eigenvalue weighted by Gasteiger charge is 2.09. The van der Waals surface area contributed by atoms with Crippen LogP contribution in [0.3, 0.4) is 0 Å². The number of hydrogen-bond donors (Lipinski definition) is 3. The summed E-state index contributed by atoms with van der Waals surface area (Å²) in [5.74, 6) is 0.504. The van der Waals surface area contributed by atoms with Gasteiger partial charge in [0.1, 0.15) is 0 Å². The number of nitrogens with one attached hydrogen (secondary N) is 3. The minimum atomic E-state index is -0.178. The monoisotopic (exact) mass is 306 g/mol. The summed E-state index contributed by atoms with van der Waals surface area (Å²) in [5.41, 5.74) is 0.969. The minimum Gasteiger partial charge on any atom is -0.351 e. The van der Waals surface area contributed by atoms with Crippen LogP contribution in [0.5, 0.6) is 0 Å². The molecule has 0 spiro atoms. The summed E-state index contributed by atoms with van der Waals surface area (Å²) in [4.78, 5) is 24.1. The molecular weight excluding hydrogens is 288 g/mol. The zero-order valence-electron chi connectivity index (χ0n) is 12.0. The van der Waals surface area contributed by atoms with Crippen molar-refractivity contribution >= 4 is 29.0 Å². The fraction of sp³-hybridized carbons (Fsp3) is 0.357. The lowest BCUT2D eigenvalue weighted by Gasteiger charge is -2.03. The van der Waals surface area contributed by atoms with E-state index in [4.69, 9.17) is 0 Å². The van der Waals surface area contributed by atoms with Crippen molar-refractivity contribution in [2.45, 2.75) is 26.2 Å². The Balaban J connectivity index is 1.73. The van der Waals surface area contributed by atoms with Gasteiger partial charge in [0.05, 0.1) is 4.88 Å². The van der Waals surface area contributed by atoms with Crippen LogP contribution in [0.4, 0.5) is 5.82 Å². The van der Waals surface area contributed by atoms with Crippen molar-refractivity contribution in [1.82, 2.24) is 15.5 Å². The number of aromatic amines is 1. The van der Waals surface area contributed by atoms with Crippen LogP contribution >= 0.6 is 11.3 Å². The van der Waals surface area contributed by atoms with Crippen molar-refractivity contribution in [3.05, 3.63) is 34.2 Å². The van der Waals surface area contributed by atoms with E-state index < -0.39 is 0 Å². The summed E-state index contributed by atoms with van der Waals surface area (Å²) >= 11 is 1.37. The smallest absolute Gasteiger partial charge is 0.261 e. The Morgan fingerprint density at radius 3 is 2.86 bits per heavy atom. The summed E-state index contributed by atoms with van der Waals surface area (Å²) in [6, 6.07) is 5.38.